The second kappa shape index (κ2) is 8.82. The van der Waals surface area contributed by atoms with Crippen LogP contribution in [0.1, 0.15) is 36.9 Å². The number of nitriles is 1. The van der Waals surface area contributed by atoms with Gasteiger partial charge in [0.1, 0.15) is 11.8 Å². The van der Waals surface area contributed by atoms with Crippen molar-refractivity contribution in [2.24, 2.45) is 11.8 Å². The molecule has 2 N–H and O–H groups in total. The van der Waals surface area contributed by atoms with Crippen molar-refractivity contribution in [3.63, 3.8) is 0 Å². The van der Waals surface area contributed by atoms with Gasteiger partial charge in [-0.2, -0.15) is 18.4 Å². The zero-order chi connectivity index (χ0) is 20.0. The molecule has 0 aliphatic heterocycles. The Morgan fingerprint density at radius 1 is 1.41 bits per heavy atom. The first-order valence-corrected chi connectivity index (χ1v) is 8.49. The van der Waals surface area contributed by atoms with Gasteiger partial charge in [0.2, 0.25) is 0 Å². The Bertz CT molecular complexity index is 773. The molecule has 1 aromatic heterocycles. The molecule has 27 heavy (non-hydrogen) atoms. The number of hydrogen-bond donors (Lipinski definition) is 2. The number of alkyl halides is 3. The number of aromatic nitrogens is 1. The molecule has 1 fully saturated rings. The topological polar surface area (TPSA) is 86.0 Å². The standard InChI is InChI=1S/C19H20F3N3O2/c1-12(11-26)18(27)25-16-8-14(17(9-23)24-10-16)5-2-13-3-6-15(7-4-13)19(20,21)22/h2,5,8,10,13,15,26H,1,3-4,6-7,11H2,(H,25,27)/b5-2+. The number of rotatable bonds is 5. The maximum absolute atomic E-state index is 12.7. The number of hydrogen-bond acceptors (Lipinski definition) is 4. The molecule has 0 unspecified atom stereocenters. The third-order valence-corrected chi connectivity index (χ3v) is 4.58. The minimum Gasteiger partial charge on any atom is -0.391 e. The lowest BCUT2D eigenvalue weighted by atomic mass is 9.81. The van der Waals surface area contributed by atoms with Gasteiger partial charge < -0.3 is 10.4 Å². The summed E-state index contributed by atoms with van der Waals surface area (Å²) in [6.07, 6.45) is 1.68. The van der Waals surface area contributed by atoms with Crippen LogP contribution in [0.25, 0.3) is 6.08 Å². The summed E-state index contributed by atoms with van der Waals surface area (Å²) in [5.74, 6) is -1.80. The molecule has 8 heteroatoms. The normalized spacial score (nSPS) is 20.3. The highest BCUT2D eigenvalue weighted by atomic mass is 19.4. The summed E-state index contributed by atoms with van der Waals surface area (Å²) >= 11 is 0. The SMILES string of the molecule is C=C(CO)C(=O)Nc1cnc(C#N)c(/C=C/C2CCC(C(F)(F)F)CC2)c1. The van der Waals surface area contributed by atoms with E-state index in [4.69, 9.17) is 5.11 Å². The van der Waals surface area contributed by atoms with Crippen LogP contribution < -0.4 is 5.32 Å². The number of nitrogens with zero attached hydrogens (tertiary/aromatic N) is 2. The zero-order valence-electron chi connectivity index (χ0n) is 14.6. The highest BCUT2D eigenvalue weighted by Crippen LogP contribution is 2.40. The van der Waals surface area contributed by atoms with Crippen LogP contribution in [-0.2, 0) is 4.79 Å². The summed E-state index contributed by atoms with van der Waals surface area (Å²) in [6, 6.07) is 3.49. The van der Waals surface area contributed by atoms with Gasteiger partial charge >= 0.3 is 6.18 Å². The van der Waals surface area contributed by atoms with E-state index in [1.807, 2.05) is 6.07 Å². The van der Waals surface area contributed by atoms with Gasteiger partial charge in [0.05, 0.1) is 24.4 Å². The molecular weight excluding hydrogens is 359 g/mol. The maximum Gasteiger partial charge on any atom is 0.391 e. The lowest BCUT2D eigenvalue weighted by Crippen LogP contribution is -2.27. The predicted octanol–water partition coefficient (Wildman–Crippen LogP) is 3.82. The first-order valence-electron chi connectivity index (χ1n) is 8.49. The van der Waals surface area contributed by atoms with E-state index in [0.29, 0.717) is 24.1 Å². The Hall–Kier alpha value is -2.66. The summed E-state index contributed by atoms with van der Waals surface area (Å²) in [7, 11) is 0. The largest absolute Gasteiger partial charge is 0.391 e. The number of aliphatic hydroxyl groups is 1. The number of allylic oxidation sites excluding steroid dienone is 1. The minimum atomic E-state index is -4.14. The van der Waals surface area contributed by atoms with Crippen molar-refractivity contribution in [1.82, 2.24) is 4.98 Å². The molecular formula is C19H20F3N3O2. The van der Waals surface area contributed by atoms with E-state index in [0.717, 1.165) is 0 Å². The molecule has 0 atom stereocenters. The number of nitrogens with one attached hydrogen (secondary N) is 1. The van der Waals surface area contributed by atoms with Gasteiger partial charge in [-0.1, -0.05) is 18.7 Å². The van der Waals surface area contributed by atoms with Crippen LogP contribution in [-0.4, -0.2) is 28.8 Å². The Morgan fingerprint density at radius 2 is 2.07 bits per heavy atom. The van der Waals surface area contributed by atoms with Gasteiger partial charge in [-0.25, -0.2) is 4.98 Å². The summed E-state index contributed by atoms with van der Waals surface area (Å²) in [5.41, 5.74) is 0.920. The van der Waals surface area contributed by atoms with E-state index in [9.17, 15) is 23.2 Å². The number of aliphatic hydroxyl groups excluding tert-OH is 1. The molecule has 1 aliphatic rings. The summed E-state index contributed by atoms with van der Waals surface area (Å²) < 4.78 is 38.2. The third kappa shape index (κ3) is 5.66. The molecule has 1 aliphatic carbocycles. The Labute approximate surface area is 155 Å². The summed E-state index contributed by atoms with van der Waals surface area (Å²) in [5, 5.41) is 20.6. The second-order valence-electron chi connectivity index (χ2n) is 6.50. The third-order valence-electron chi connectivity index (χ3n) is 4.58. The molecule has 5 nitrogen and oxygen atoms in total. The molecule has 144 valence electrons. The van der Waals surface area contributed by atoms with Crippen LogP contribution in [0.3, 0.4) is 0 Å². The fourth-order valence-corrected chi connectivity index (χ4v) is 2.94. The van der Waals surface area contributed by atoms with Crippen LogP contribution in [0.5, 0.6) is 0 Å². The lowest BCUT2D eigenvalue weighted by molar-refractivity contribution is -0.183. The lowest BCUT2D eigenvalue weighted by Gasteiger charge is -2.28. The smallest absolute Gasteiger partial charge is 0.391 e. The Balaban J connectivity index is 2.08. The van der Waals surface area contributed by atoms with Gasteiger partial charge in [0.25, 0.3) is 5.91 Å². The molecule has 0 bridgehead atoms. The number of anilines is 1. The highest BCUT2D eigenvalue weighted by Gasteiger charge is 2.40. The van der Waals surface area contributed by atoms with Crippen molar-refractivity contribution >= 4 is 17.7 Å². The van der Waals surface area contributed by atoms with E-state index < -0.39 is 24.6 Å². The van der Waals surface area contributed by atoms with Gasteiger partial charge in [-0.15, -0.1) is 0 Å². The molecule has 0 spiro atoms. The number of halogens is 3. The van der Waals surface area contributed by atoms with Crippen LogP contribution in [0.15, 0.2) is 30.5 Å². The van der Waals surface area contributed by atoms with E-state index in [2.05, 4.69) is 16.9 Å². The van der Waals surface area contributed by atoms with Gasteiger partial charge in [0.15, 0.2) is 0 Å². The van der Waals surface area contributed by atoms with Crippen molar-refractivity contribution in [2.75, 3.05) is 11.9 Å². The molecule has 1 amide bonds. The van der Waals surface area contributed by atoms with Crippen molar-refractivity contribution < 1.29 is 23.1 Å². The average molecular weight is 379 g/mol. The van der Waals surface area contributed by atoms with E-state index in [1.165, 1.54) is 6.20 Å². The maximum atomic E-state index is 12.7. The summed E-state index contributed by atoms with van der Waals surface area (Å²) in [4.78, 5) is 15.7. The molecule has 1 aromatic rings. The zero-order valence-corrected chi connectivity index (χ0v) is 14.6. The number of carbonyl (C=O) groups excluding carboxylic acids is 1. The molecule has 0 saturated heterocycles. The number of carbonyl (C=O) groups is 1. The van der Waals surface area contributed by atoms with Crippen molar-refractivity contribution in [3.8, 4) is 6.07 Å². The molecule has 2 rings (SSSR count). The van der Waals surface area contributed by atoms with Crippen LogP contribution >= 0.6 is 0 Å². The molecule has 1 heterocycles. The first kappa shape index (κ1) is 20.6. The fourth-order valence-electron chi connectivity index (χ4n) is 2.94. The van der Waals surface area contributed by atoms with Gasteiger partial charge in [-0.05, 0) is 37.7 Å². The van der Waals surface area contributed by atoms with E-state index in [1.54, 1.807) is 18.2 Å². The predicted molar refractivity (Wildman–Crippen MR) is 94.3 cm³/mol. The number of pyridine rings is 1. The fraction of sp³-hybridized carbons (Fsp3) is 0.421. The highest BCUT2D eigenvalue weighted by molar-refractivity contribution is 6.03. The Kier molecular flexibility index (Phi) is 6.75. The van der Waals surface area contributed by atoms with Crippen molar-refractivity contribution in [2.45, 2.75) is 31.9 Å². The Morgan fingerprint density at radius 3 is 2.63 bits per heavy atom. The van der Waals surface area contributed by atoms with Crippen molar-refractivity contribution in [1.29, 1.82) is 5.26 Å². The van der Waals surface area contributed by atoms with Crippen LogP contribution in [0.4, 0.5) is 18.9 Å². The monoisotopic (exact) mass is 379 g/mol. The minimum absolute atomic E-state index is 0.00237. The molecule has 0 radical (unpaired) electrons. The van der Waals surface area contributed by atoms with E-state index in [-0.39, 0.29) is 30.0 Å². The second-order valence-corrected chi connectivity index (χ2v) is 6.50. The quantitative estimate of drug-likeness (QED) is 0.762. The van der Waals surface area contributed by atoms with Gasteiger partial charge in [0, 0.05) is 11.1 Å². The first-order chi connectivity index (χ1) is 12.7. The number of amides is 1. The van der Waals surface area contributed by atoms with Crippen LogP contribution in [0, 0.1) is 23.2 Å². The molecule has 1 saturated carbocycles. The summed E-state index contributed by atoms with van der Waals surface area (Å²) in [6.45, 7) is 2.93. The molecule has 0 aromatic carbocycles. The average Bonchev–Trinajstić information content (AvgIpc) is 2.65. The van der Waals surface area contributed by atoms with Crippen LogP contribution in [0.2, 0.25) is 0 Å². The van der Waals surface area contributed by atoms with Crippen molar-refractivity contribution in [3.05, 3.63) is 41.7 Å². The van der Waals surface area contributed by atoms with E-state index >= 15 is 0 Å². The van der Waals surface area contributed by atoms with Gasteiger partial charge in [-0.3, -0.25) is 4.79 Å².